The molecule has 0 aromatic rings. The minimum Gasteiger partial charge on any atom is -0.315 e. The first-order chi connectivity index (χ1) is 7.31. The second-order valence-corrected chi connectivity index (χ2v) is 4.22. The molecule has 0 aliphatic rings. The van der Waals surface area contributed by atoms with Gasteiger partial charge in [-0.3, -0.25) is 4.79 Å². The number of rotatable bonds is 8. The van der Waals surface area contributed by atoms with Crippen LogP contribution in [0.3, 0.4) is 0 Å². The minimum absolute atomic E-state index is 0.0428. The van der Waals surface area contributed by atoms with Gasteiger partial charge < -0.3 is 5.32 Å². The average Bonchev–Trinajstić information content (AvgIpc) is 2.10. The van der Waals surface area contributed by atoms with Gasteiger partial charge in [-0.05, 0) is 19.4 Å². The molecule has 0 aliphatic heterocycles. The summed E-state index contributed by atoms with van der Waals surface area (Å²) >= 11 is 0. The predicted molar refractivity (Wildman–Crippen MR) is 57.3 cm³/mol. The van der Waals surface area contributed by atoms with Crippen molar-refractivity contribution in [2.75, 3.05) is 6.54 Å². The Balaban J connectivity index is 3.39. The van der Waals surface area contributed by atoms with Crippen molar-refractivity contribution in [1.82, 2.24) is 5.32 Å². The Hall–Kier alpha value is -0.580. The Morgan fingerprint density at radius 1 is 1.19 bits per heavy atom. The van der Waals surface area contributed by atoms with Gasteiger partial charge in [-0.1, -0.05) is 13.8 Å². The number of ketones is 1. The molecule has 0 heterocycles. The SMILES string of the molecule is CC(C)NCCCC(=O)CCCC(F)(F)F. The molecule has 0 atom stereocenters. The Bertz CT molecular complexity index is 202. The summed E-state index contributed by atoms with van der Waals surface area (Å²) in [5.41, 5.74) is 0. The zero-order valence-corrected chi connectivity index (χ0v) is 9.86. The van der Waals surface area contributed by atoms with Crippen molar-refractivity contribution in [2.45, 2.75) is 58.2 Å². The summed E-state index contributed by atoms with van der Waals surface area (Å²) < 4.78 is 35.3. The third kappa shape index (κ3) is 11.5. The molecular formula is C11H20F3NO. The number of carbonyl (C=O) groups is 1. The van der Waals surface area contributed by atoms with Gasteiger partial charge in [0.1, 0.15) is 5.78 Å². The molecular weight excluding hydrogens is 219 g/mol. The molecule has 0 aromatic carbocycles. The lowest BCUT2D eigenvalue weighted by molar-refractivity contribution is -0.137. The molecule has 5 heteroatoms. The number of halogens is 3. The molecule has 0 saturated heterocycles. The summed E-state index contributed by atoms with van der Waals surface area (Å²) in [6.45, 7) is 4.75. The number of carbonyl (C=O) groups excluding carboxylic acids is 1. The number of alkyl halides is 3. The highest BCUT2D eigenvalue weighted by atomic mass is 19.4. The lowest BCUT2D eigenvalue weighted by Gasteiger charge is -2.07. The van der Waals surface area contributed by atoms with E-state index >= 15 is 0 Å². The summed E-state index contributed by atoms with van der Waals surface area (Å²) in [7, 11) is 0. The third-order valence-corrected chi connectivity index (χ3v) is 2.10. The lowest BCUT2D eigenvalue weighted by atomic mass is 10.1. The topological polar surface area (TPSA) is 29.1 Å². The molecule has 96 valence electrons. The van der Waals surface area contributed by atoms with E-state index in [1.165, 1.54) is 0 Å². The highest BCUT2D eigenvalue weighted by Gasteiger charge is 2.26. The molecule has 0 aliphatic carbocycles. The van der Waals surface area contributed by atoms with E-state index in [0.29, 0.717) is 18.9 Å². The van der Waals surface area contributed by atoms with Gasteiger partial charge in [-0.2, -0.15) is 13.2 Å². The Morgan fingerprint density at radius 2 is 1.75 bits per heavy atom. The fourth-order valence-corrected chi connectivity index (χ4v) is 1.29. The molecule has 0 rings (SSSR count). The average molecular weight is 239 g/mol. The van der Waals surface area contributed by atoms with Crippen molar-refractivity contribution in [3.63, 3.8) is 0 Å². The van der Waals surface area contributed by atoms with E-state index in [0.717, 1.165) is 6.54 Å². The molecule has 1 N–H and O–H groups in total. The van der Waals surface area contributed by atoms with Gasteiger partial charge >= 0.3 is 6.18 Å². The summed E-state index contributed by atoms with van der Waals surface area (Å²) in [6, 6.07) is 0.375. The van der Waals surface area contributed by atoms with Crippen LogP contribution in [0.5, 0.6) is 0 Å². The van der Waals surface area contributed by atoms with Crippen LogP contribution in [-0.2, 0) is 4.79 Å². The molecule has 0 amide bonds. The van der Waals surface area contributed by atoms with E-state index in [-0.39, 0.29) is 18.6 Å². The van der Waals surface area contributed by atoms with E-state index < -0.39 is 12.6 Å². The molecule has 0 unspecified atom stereocenters. The maximum Gasteiger partial charge on any atom is 0.389 e. The van der Waals surface area contributed by atoms with Crippen LogP contribution in [0.15, 0.2) is 0 Å². The van der Waals surface area contributed by atoms with Crippen LogP contribution in [0.2, 0.25) is 0 Å². The van der Waals surface area contributed by atoms with Crippen LogP contribution in [0.25, 0.3) is 0 Å². The van der Waals surface area contributed by atoms with Crippen LogP contribution in [0.4, 0.5) is 13.2 Å². The van der Waals surface area contributed by atoms with Crippen molar-refractivity contribution in [2.24, 2.45) is 0 Å². The highest BCUT2D eigenvalue weighted by Crippen LogP contribution is 2.22. The number of hydrogen-bond donors (Lipinski definition) is 1. The van der Waals surface area contributed by atoms with E-state index in [9.17, 15) is 18.0 Å². The number of hydrogen-bond acceptors (Lipinski definition) is 2. The monoisotopic (exact) mass is 239 g/mol. The van der Waals surface area contributed by atoms with Crippen LogP contribution < -0.4 is 5.32 Å². The van der Waals surface area contributed by atoms with E-state index in [2.05, 4.69) is 5.32 Å². The van der Waals surface area contributed by atoms with Crippen LogP contribution in [-0.4, -0.2) is 24.5 Å². The first kappa shape index (κ1) is 15.4. The standard InChI is InChI=1S/C11H20F3NO/c1-9(2)15-8-4-6-10(16)5-3-7-11(12,13)14/h9,15H,3-8H2,1-2H3. The third-order valence-electron chi connectivity index (χ3n) is 2.10. The first-order valence-electron chi connectivity index (χ1n) is 5.63. The normalized spacial score (nSPS) is 12.1. The Morgan fingerprint density at radius 3 is 2.25 bits per heavy atom. The molecule has 0 fully saturated rings. The van der Waals surface area contributed by atoms with Crippen LogP contribution >= 0.6 is 0 Å². The van der Waals surface area contributed by atoms with Gasteiger partial charge in [0.25, 0.3) is 0 Å². The van der Waals surface area contributed by atoms with Crippen molar-refractivity contribution in [1.29, 1.82) is 0 Å². The summed E-state index contributed by atoms with van der Waals surface area (Å²) in [4.78, 5) is 11.2. The zero-order chi connectivity index (χ0) is 12.6. The van der Waals surface area contributed by atoms with Crippen molar-refractivity contribution in [3.8, 4) is 0 Å². The second-order valence-electron chi connectivity index (χ2n) is 4.22. The highest BCUT2D eigenvalue weighted by molar-refractivity contribution is 5.78. The Labute approximate surface area is 94.6 Å². The van der Waals surface area contributed by atoms with Gasteiger partial charge in [0.2, 0.25) is 0 Å². The first-order valence-corrected chi connectivity index (χ1v) is 5.63. The van der Waals surface area contributed by atoms with E-state index in [1.807, 2.05) is 13.8 Å². The maximum atomic E-state index is 11.8. The van der Waals surface area contributed by atoms with Gasteiger partial charge in [0.15, 0.2) is 0 Å². The van der Waals surface area contributed by atoms with E-state index in [4.69, 9.17) is 0 Å². The minimum atomic E-state index is -4.14. The fourth-order valence-electron chi connectivity index (χ4n) is 1.29. The van der Waals surface area contributed by atoms with Gasteiger partial charge in [0, 0.05) is 25.3 Å². The molecule has 0 spiro atoms. The molecule has 0 aromatic heterocycles. The van der Waals surface area contributed by atoms with Crippen LogP contribution in [0.1, 0.15) is 46.0 Å². The number of nitrogens with one attached hydrogen (secondary N) is 1. The van der Waals surface area contributed by atoms with Crippen molar-refractivity contribution in [3.05, 3.63) is 0 Å². The fraction of sp³-hybridized carbons (Fsp3) is 0.909. The molecule has 0 radical (unpaired) electrons. The maximum absolute atomic E-state index is 11.8. The molecule has 16 heavy (non-hydrogen) atoms. The number of Topliss-reactive ketones (excluding diaryl/α,β-unsaturated/α-hetero) is 1. The van der Waals surface area contributed by atoms with Crippen LogP contribution in [0, 0.1) is 0 Å². The lowest BCUT2D eigenvalue weighted by Crippen LogP contribution is -2.24. The van der Waals surface area contributed by atoms with Gasteiger partial charge in [-0.25, -0.2) is 0 Å². The molecule has 2 nitrogen and oxygen atoms in total. The zero-order valence-electron chi connectivity index (χ0n) is 9.86. The Kier molecular flexibility index (Phi) is 7.38. The van der Waals surface area contributed by atoms with Gasteiger partial charge in [0.05, 0.1) is 0 Å². The predicted octanol–water partition coefficient (Wildman–Crippen LogP) is 3.07. The largest absolute Gasteiger partial charge is 0.389 e. The van der Waals surface area contributed by atoms with Crippen molar-refractivity contribution < 1.29 is 18.0 Å². The molecule has 0 saturated carbocycles. The summed E-state index contributed by atoms with van der Waals surface area (Å²) in [5, 5.41) is 3.15. The second kappa shape index (κ2) is 7.65. The molecule has 0 bridgehead atoms. The van der Waals surface area contributed by atoms with Crippen molar-refractivity contribution >= 4 is 5.78 Å². The van der Waals surface area contributed by atoms with E-state index in [1.54, 1.807) is 0 Å². The summed E-state index contributed by atoms with van der Waals surface area (Å²) in [5.74, 6) is -0.0743. The summed E-state index contributed by atoms with van der Waals surface area (Å²) in [6.07, 6.45) is -3.97. The smallest absolute Gasteiger partial charge is 0.315 e. The quantitative estimate of drug-likeness (QED) is 0.659. The van der Waals surface area contributed by atoms with Gasteiger partial charge in [-0.15, -0.1) is 0 Å².